The van der Waals surface area contributed by atoms with E-state index in [2.05, 4.69) is 93.6 Å². The molecule has 4 heteroatoms. The molecule has 0 amide bonds. The minimum atomic E-state index is -1.76. The molecule has 2 nitrogen and oxygen atoms in total. The van der Waals surface area contributed by atoms with Crippen LogP contribution in [-0.4, -0.2) is 17.2 Å². The monoisotopic (exact) mass is 554 g/mol. The molecular formula is C31H40BrO2P. The zero-order valence-corrected chi connectivity index (χ0v) is 24.0. The van der Waals surface area contributed by atoms with Crippen LogP contribution in [0, 0.1) is 20.8 Å². The van der Waals surface area contributed by atoms with Crippen LogP contribution in [0.5, 0.6) is 0 Å². The highest BCUT2D eigenvalue weighted by Crippen LogP contribution is 2.56. The Balaban J connectivity index is 0.00000432. The maximum atomic E-state index is 10.7. The summed E-state index contributed by atoms with van der Waals surface area (Å²) in [5, 5.41) is 13.2. The molecule has 0 bridgehead atoms. The summed E-state index contributed by atoms with van der Waals surface area (Å²) >= 11 is 0. The first-order chi connectivity index (χ1) is 16.4. The van der Waals surface area contributed by atoms with Gasteiger partial charge in [-0.15, -0.1) is 0 Å². The van der Waals surface area contributed by atoms with Gasteiger partial charge in [0, 0.05) is 6.42 Å². The third kappa shape index (κ3) is 8.29. The van der Waals surface area contributed by atoms with E-state index in [1.54, 1.807) is 0 Å². The maximum absolute atomic E-state index is 10.7. The highest BCUT2D eigenvalue weighted by molar-refractivity contribution is 7.95. The van der Waals surface area contributed by atoms with E-state index >= 15 is 0 Å². The highest BCUT2D eigenvalue weighted by atomic mass is 79.9. The van der Waals surface area contributed by atoms with Gasteiger partial charge in [-0.05, 0) is 76.4 Å². The average Bonchev–Trinajstić information content (AvgIpc) is 2.82. The van der Waals surface area contributed by atoms with E-state index in [-0.39, 0.29) is 17.0 Å². The minimum Gasteiger partial charge on any atom is -1.00 e. The largest absolute Gasteiger partial charge is 1.00 e. The molecule has 3 aromatic rings. The third-order valence-electron chi connectivity index (χ3n) is 6.81. The molecule has 0 aliphatic rings. The Labute approximate surface area is 223 Å². The lowest BCUT2D eigenvalue weighted by molar-refractivity contribution is -0.137. The number of benzene rings is 3. The normalized spacial score (nSPS) is 11.2. The standard InChI is InChI=1S/C31H39O2P.BrH/c1-25-12-18-28(19-13-25)34(29-20-14-26(2)15-21-29,30-22-16-27(3)17-23-30)24-10-8-6-4-5-7-9-11-31(32)33;/h12-23H,4-11,24H2,1-3H3;1H. The van der Waals surface area contributed by atoms with Gasteiger partial charge in [-0.1, -0.05) is 78.8 Å². The summed E-state index contributed by atoms with van der Waals surface area (Å²) in [5.41, 5.74) is 3.91. The Kier molecular flexibility index (Phi) is 12.2. The molecule has 0 aliphatic carbocycles. The fourth-order valence-corrected chi connectivity index (χ4v) is 9.08. The van der Waals surface area contributed by atoms with Crippen molar-refractivity contribution in [3.8, 4) is 0 Å². The summed E-state index contributed by atoms with van der Waals surface area (Å²) in [5.74, 6) is -0.677. The van der Waals surface area contributed by atoms with Crippen molar-refractivity contribution in [2.75, 3.05) is 6.16 Å². The van der Waals surface area contributed by atoms with E-state index in [9.17, 15) is 4.79 Å². The Morgan fingerprint density at radius 1 is 0.571 bits per heavy atom. The summed E-state index contributed by atoms with van der Waals surface area (Å²) in [7, 11) is -1.76. The van der Waals surface area contributed by atoms with Gasteiger partial charge >= 0.3 is 5.97 Å². The number of rotatable bonds is 13. The van der Waals surface area contributed by atoms with Crippen molar-refractivity contribution in [2.45, 2.75) is 72.1 Å². The number of halogens is 1. The molecule has 0 saturated carbocycles. The van der Waals surface area contributed by atoms with Crippen LogP contribution in [0.3, 0.4) is 0 Å². The van der Waals surface area contributed by atoms with Crippen molar-refractivity contribution >= 4 is 29.1 Å². The van der Waals surface area contributed by atoms with Gasteiger partial charge in [-0.3, -0.25) is 4.79 Å². The first kappa shape index (κ1) is 29.3. The van der Waals surface area contributed by atoms with E-state index in [1.165, 1.54) is 64.4 Å². The topological polar surface area (TPSA) is 37.3 Å². The van der Waals surface area contributed by atoms with Gasteiger partial charge in [0.2, 0.25) is 0 Å². The Hall–Kier alpha value is -1.96. The predicted octanol–water partition coefficient (Wildman–Crippen LogP) is 4.12. The highest BCUT2D eigenvalue weighted by Gasteiger charge is 2.44. The average molecular weight is 556 g/mol. The number of aliphatic carboxylic acids is 1. The van der Waals surface area contributed by atoms with Gasteiger partial charge in [0.25, 0.3) is 0 Å². The summed E-state index contributed by atoms with van der Waals surface area (Å²) in [6.07, 6.45) is 9.31. The van der Waals surface area contributed by atoms with Gasteiger partial charge < -0.3 is 22.1 Å². The van der Waals surface area contributed by atoms with Crippen LogP contribution >= 0.6 is 7.26 Å². The molecule has 0 aromatic heterocycles. The van der Waals surface area contributed by atoms with E-state index in [4.69, 9.17) is 5.11 Å². The number of carbonyl (C=O) groups is 1. The molecular weight excluding hydrogens is 515 g/mol. The van der Waals surface area contributed by atoms with Crippen molar-refractivity contribution < 1.29 is 26.9 Å². The van der Waals surface area contributed by atoms with Crippen LogP contribution in [0.1, 0.15) is 68.1 Å². The van der Waals surface area contributed by atoms with Crippen LogP contribution in [-0.2, 0) is 4.79 Å². The Bertz CT molecular complexity index is 916. The molecule has 0 spiro atoms. The van der Waals surface area contributed by atoms with Gasteiger partial charge in [0.05, 0.1) is 6.16 Å². The molecule has 0 heterocycles. The molecule has 1 N–H and O–H groups in total. The predicted molar refractivity (Wildman–Crippen MR) is 149 cm³/mol. The lowest BCUT2D eigenvalue weighted by Gasteiger charge is -2.28. The number of unbranched alkanes of at least 4 members (excludes halogenated alkanes) is 6. The minimum absolute atomic E-state index is 0. The number of hydrogen-bond donors (Lipinski definition) is 1. The van der Waals surface area contributed by atoms with Crippen molar-refractivity contribution in [3.05, 3.63) is 89.5 Å². The number of aryl methyl sites for hydroxylation is 3. The second kappa shape index (κ2) is 14.6. The second-order valence-corrected chi connectivity index (χ2v) is 13.3. The van der Waals surface area contributed by atoms with E-state index in [1.807, 2.05) is 0 Å². The number of hydrogen-bond acceptors (Lipinski definition) is 1. The fourth-order valence-electron chi connectivity index (χ4n) is 4.74. The van der Waals surface area contributed by atoms with Crippen molar-refractivity contribution in [3.63, 3.8) is 0 Å². The first-order valence-corrected chi connectivity index (χ1v) is 14.7. The molecule has 0 saturated heterocycles. The fraction of sp³-hybridized carbons (Fsp3) is 0.387. The Morgan fingerprint density at radius 3 is 1.23 bits per heavy atom. The smallest absolute Gasteiger partial charge is 0.303 e. The molecule has 0 atom stereocenters. The summed E-state index contributed by atoms with van der Waals surface area (Å²) < 4.78 is 0. The number of carboxylic acids is 1. The SMILES string of the molecule is Cc1ccc([P+](CCCCCCCCCC(=O)O)(c2ccc(C)cc2)c2ccc(C)cc2)cc1.[Br-]. The van der Waals surface area contributed by atoms with Gasteiger partial charge in [-0.2, -0.15) is 0 Å². The van der Waals surface area contributed by atoms with Gasteiger partial charge in [-0.25, -0.2) is 0 Å². The van der Waals surface area contributed by atoms with Crippen LogP contribution in [0.25, 0.3) is 0 Å². The van der Waals surface area contributed by atoms with Crippen LogP contribution in [0.2, 0.25) is 0 Å². The van der Waals surface area contributed by atoms with Crippen molar-refractivity contribution in [2.24, 2.45) is 0 Å². The molecule has 188 valence electrons. The van der Waals surface area contributed by atoms with Crippen LogP contribution < -0.4 is 32.9 Å². The summed E-state index contributed by atoms with van der Waals surface area (Å²) in [6, 6.07) is 27.8. The maximum Gasteiger partial charge on any atom is 0.303 e. The van der Waals surface area contributed by atoms with Gasteiger partial charge in [0.15, 0.2) is 0 Å². The Morgan fingerprint density at radius 2 is 0.886 bits per heavy atom. The quantitative estimate of drug-likeness (QED) is 0.255. The van der Waals surface area contributed by atoms with Crippen molar-refractivity contribution in [1.29, 1.82) is 0 Å². The van der Waals surface area contributed by atoms with E-state index in [0.29, 0.717) is 6.42 Å². The zero-order chi connectivity index (χ0) is 24.4. The lowest BCUT2D eigenvalue weighted by Crippen LogP contribution is -3.00. The molecule has 3 aromatic carbocycles. The summed E-state index contributed by atoms with van der Waals surface area (Å²) in [6.45, 7) is 6.49. The molecule has 0 fully saturated rings. The number of carboxylic acid groups (broad SMARTS) is 1. The van der Waals surface area contributed by atoms with Gasteiger partial charge in [0.1, 0.15) is 23.2 Å². The molecule has 0 aliphatic heterocycles. The lowest BCUT2D eigenvalue weighted by atomic mass is 10.1. The van der Waals surface area contributed by atoms with E-state index in [0.717, 1.165) is 19.3 Å². The molecule has 0 unspecified atom stereocenters. The third-order valence-corrected chi connectivity index (χ3v) is 11.3. The molecule has 3 rings (SSSR count). The molecule has 35 heavy (non-hydrogen) atoms. The first-order valence-electron chi connectivity index (χ1n) is 12.7. The molecule has 0 radical (unpaired) electrons. The van der Waals surface area contributed by atoms with Crippen LogP contribution in [0.4, 0.5) is 0 Å². The summed E-state index contributed by atoms with van der Waals surface area (Å²) in [4.78, 5) is 10.7. The van der Waals surface area contributed by atoms with Crippen molar-refractivity contribution in [1.82, 2.24) is 0 Å². The van der Waals surface area contributed by atoms with E-state index < -0.39 is 13.2 Å². The zero-order valence-electron chi connectivity index (χ0n) is 21.5. The van der Waals surface area contributed by atoms with Crippen LogP contribution in [0.15, 0.2) is 72.8 Å². The second-order valence-electron chi connectivity index (χ2n) is 9.66.